The Hall–Kier alpha value is -1.62. The van der Waals surface area contributed by atoms with Crippen LogP contribution in [-0.4, -0.2) is 61.1 Å². The number of aromatic nitrogens is 2. The number of phosphoric acid groups is 2. The minimum atomic E-state index is -5.14. The molecule has 36 heavy (non-hydrogen) atoms. The summed E-state index contributed by atoms with van der Waals surface area (Å²) >= 11 is 0. The highest BCUT2D eigenvalue weighted by atomic mass is 31.3. The quantitative estimate of drug-likeness (QED) is 0.118. The fourth-order valence-corrected chi connectivity index (χ4v) is 5.51. The van der Waals surface area contributed by atoms with Crippen molar-refractivity contribution in [2.75, 3.05) is 13.2 Å². The standard InChI is InChI=1S/C20H32N2O12P2/c1-2-3-4-5-6-7-8-9-10-13-31-35(27,28)34-36(29,30)32-14-15-17(24)18(25)19(33-15)22-12-11-16(23)21-20(22)26/h11-12,15,17-19,24-25H,4-10,13-14H2,1H3,(H,27,28)(H,29,30)(H,21,23,26). The molecule has 1 fully saturated rings. The lowest BCUT2D eigenvalue weighted by Crippen LogP contribution is -2.37. The Balaban J connectivity index is 1.75. The lowest BCUT2D eigenvalue weighted by Gasteiger charge is -2.19. The van der Waals surface area contributed by atoms with E-state index >= 15 is 0 Å². The molecule has 0 radical (unpaired) electrons. The van der Waals surface area contributed by atoms with Crippen molar-refractivity contribution >= 4 is 15.6 Å². The zero-order valence-electron chi connectivity index (χ0n) is 19.7. The van der Waals surface area contributed by atoms with Gasteiger partial charge in [-0.2, -0.15) is 4.31 Å². The Labute approximate surface area is 207 Å². The predicted molar refractivity (Wildman–Crippen MR) is 126 cm³/mol. The molecule has 2 heterocycles. The Morgan fingerprint density at radius 2 is 1.67 bits per heavy atom. The number of aliphatic hydroxyl groups excluding tert-OH is 2. The topological polar surface area (TPSA) is 207 Å². The summed E-state index contributed by atoms with van der Waals surface area (Å²) in [6.45, 7) is 0.772. The number of hydrogen-bond donors (Lipinski definition) is 5. The van der Waals surface area contributed by atoms with Gasteiger partial charge < -0.3 is 24.7 Å². The van der Waals surface area contributed by atoms with Gasteiger partial charge in [0, 0.05) is 18.7 Å². The normalized spacial score (nSPS) is 25.0. The van der Waals surface area contributed by atoms with E-state index in [0.29, 0.717) is 6.42 Å². The van der Waals surface area contributed by atoms with Crippen LogP contribution in [0.25, 0.3) is 0 Å². The first kappa shape index (κ1) is 30.6. The molecule has 5 N–H and O–H groups in total. The first-order valence-corrected chi connectivity index (χ1v) is 14.3. The molecule has 0 saturated carbocycles. The van der Waals surface area contributed by atoms with Gasteiger partial charge in [-0.05, 0) is 19.8 Å². The molecule has 0 aliphatic carbocycles. The molecular formula is C20H32N2O12P2. The van der Waals surface area contributed by atoms with Gasteiger partial charge in [-0.3, -0.25) is 23.4 Å². The molecule has 6 atom stereocenters. The van der Waals surface area contributed by atoms with E-state index in [1.165, 1.54) is 0 Å². The molecule has 1 saturated heterocycles. The maximum absolute atomic E-state index is 12.1. The fraction of sp³-hybridized carbons (Fsp3) is 0.700. The minimum Gasteiger partial charge on any atom is -0.387 e. The smallest absolute Gasteiger partial charge is 0.387 e. The highest BCUT2D eigenvalue weighted by Crippen LogP contribution is 2.60. The number of H-pyrrole nitrogens is 1. The molecule has 0 aromatic carbocycles. The number of unbranched alkanes of at least 4 members (excludes halogenated alkanes) is 6. The first-order chi connectivity index (χ1) is 17.0. The Bertz CT molecular complexity index is 1110. The van der Waals surface area contributed by atoms with Gasteiger partial charge in [0.05, 0.1) is 13.2 Å². The van der Waals surface area contributed by atoms with Crippen LogP contribution in [0.4, 0.5) is 0 Å². The van der Waals surface area contributed by atoms with Crippen LogP contribution in [0.1, 0.15) is 58.1 Å². The van der Waals surface area contributed by atoms with Gasteiger partial charge in [0.15, 0.2) is 6.23 Å². The van der Waals surface area contributed by atoms with Gasteiger partial charge >= 0.3 is 21.3 Å². The zero-order chi connectivity index (χ0) is 26.8. The number of nitrogens with one attached hydrogen (secondary N) is 1. The number of rotatable bonds is 15. The highest BCUT2D eigenvalue weighted by molar-refractivity contribution is 7.61. The third kappa shape index (κ3) is 10.0. The lowest BCUT2D eigenvalue weighted by molar-refractivity contribution is -0.0543. The number of aliphatic hydroxyl groups is 2. The molecule has 16 heteroatoms. The molecule has 0 spiro atoms. The highest BCUT2D eigenvalue weighted by Gasteiger charge is 2.46. The van der Waals surface area contributed by atoms with Crippen LogP contribution in [0.5, 0.6) is 0 Å². The molecule has 0 bridgehead atoms. The van der Waals surface area contributed by atoms with Crippen LogP contribution in [0.2, 0.25) is 0 Å². The second kappa shape index (κ2) is 14.4. The van der Waals surface area contributed by atoms with Gasteiger partial charge in [0.25, 0.3) is 5.56 Å². The van der Waals surface area contributed by atoms with Crippen molar-refractivity contribution in [3.05, 3.63) is 33.1 Å². The molecule has 1 aliphatic heterocycles. The average molecular weight is 554 g/mol. The fourth-order valence-electron chi connectivity index (χ4n) is 3.40. The largest absolute Gasteiger partial charge is 0.481 e. The van der Waals surface area contributed by atoms with Gasteiger partial charge in [-0.1, -0.05) is 25.7 Å². The number of ether oxygens (including phenoxy) is 1. The first-order valence-electron chi connectivity index (χ1n) is 11.3. The molecule has 2 rings (SSSR count). The number of nitrogens with zero attached hydrogens (tertiary/aromatic N) is 1. The van der Waals surface area contributed by atoms with Crippen LogP contribution < -0.4 is 11.2 Å². The van der Waals surface area contributed by atoms with Crippen LogP contribution in [-0.2, 0) is 27.2 Å². The third-order valence-electron chi connectivity index (χ3n) is 5.20. The van der Waals surface area contributed by atoms with E-state index in [-0.39, 0.29) is 6.61 Å². The van der Waals surface area contributed by atoms with E-state index in [1.807, 2.05) is 4.98 Å². The number of aromatic amines is 1. The zero-order valence-corrected chi connectivity index (χ0v) is 21.5. The van der Waals surface area contributed by atoms with E-state index in [2.05, 4.69) is 20.7 Å². The average Bonchev–Trinajstić information content (AvgIpc) is 3.07. The van der Waals surface area contributed by atoms with Crippen molar-refractivity contribution in [3.63, 3.8) is 0 Å². The second-order valence-electron chi connectivity index (χ2n) is 8.01. The molecule has 1 aromatic rings. The minimum absolute atomic E-state index is 0.179. The molecule has 204 valence electrons. The number of hydrogen-bond acceptors (Lipinski definition) is 10. The summed E-state index contributed by atoms with van der Waals surface area (Å²) in [6, 6.07) is 0.993. The molecule has 6 unspecified atom stereocenters. The Morgan fingerprint density at radius 1 is 1.03 bits per heavy atom. The van der Waals surface area contributed by atoms with Crippen molar-refractivity contribution in [1.29, 1.82) is 0 Å². The molecule has 0 amide bonds. The van der Waals surface area contributed by atoms with Gasteiger partial charge in [-0.25, -0.2) is 13.9 Å². The molecule has 1 aliphatic rings. The van der Waals surface area contributed by atoms with E-state index < -0.39 is 58.0 Å². The van der Waals surface area contributed by atoms with E-state index in [4.69, 9.17) is 9.26 Å². The Kier molecular flexibility index (Phi) is 12.2. The molecular weight excluding hydrogens is 522 g/mol. The summed E-state index contributed by atoms with van der Waals surface area (Å²) in [6.07, 6.45) is 0.805. The second-order valence-corrected chi connectivity index (χ2v) is 11.1. The van der Waals surface area contributed by atoms with Gasteiger partial charge in [0.2, 0.25) is 0 Å². The van der Waals surface area contributed by atoms with Crippen molar-refractivity contribution in [3.8, 4) is 11.8 Å². The maximum Gasteiger partial charge on any atom is 0.481 e. The van der Waals surface area contributed by atoms with Crippen molar-refractivity contribution in [1.82, 2.24) is 9.55 Å². The summed E-state index contributed by atoms with van der Waals surface area (Å²) in [5.41, 5.74) is -1.61. The van der Waals surface area contributed by atoms with E-state index in [9.17, 15) is 38.7 Å². The monoisotopic (exact) mass is 554 g/mol. The summed E-state index contributed by atoms with van der Waals surface area (Å²) in [5, 5.41) is 20.3. The SMILES string of the molecule is CC#CCCCCCCCCOP(=O)(O)OP(=O)(O)OCC1OC(n2ccc(=O)[nH]c2=O)C(O)C1O. The van der Waals surface area contributed by atoms with Gasteiger partial charge in [-0.15, -0.1) is 11.8 Å². The summed E-state index contributed by atoms with van der Waals surface area (Å²) in [7, 11) is -10.1. The van der Waals surface area contributed by atoms with Crippen molar-refractivity contribution in [2.45, 2.75) is 76.4 Å². The van der Waals surface area contributed by atoms with Crippen molar-refractivity contribution in [2.24, 2.45) is 0 Å². The lowest BCUT2D eigenvalue weighted by atomic mass is 10.1. The summed E-state index contributed by atoms with van der Waals surface area (Å²) in [5.74, 6) is 5.82. The summed E-state index contributed by atoms with van der Waals surface area (Å²) in [4.78, 5) is 44.5. The van der Waals surface area contributed by atoms with Crippen molar-refractivity contribution < 1.29 is 47.2 Å². The molecule has 1 aromatic heterocycles. The Morgan fingerprint density at radius 3 is 2.33 bits per heavy atom. The maximum atomic E-state index is 12.1. The van der Waals surface area contributed by atoms with Gasteiger partial charge in [0.1, 0.15) is 18.3 Å². The predicted octanol–water partition coefficient (Wildman–Crippen LogP) is 1.16. The van der Waals surface area contributed by atoms with Crippen LogP contribution in [0, 0.1) is 11.8 Å². The number of phosphoric ester groups is 2. The summed E-state index contributed by atoms with van der Waals surface area (Å²) < 4.78 is 43.8. The third-order valence-corrected chi connectivity index (χ3v) is 7.83. The van der Waals surface area contributed by atoms with E-state index in [0.717, 1.165) is 55.4 Å². The molecule has 14 nitrogen and oxygen atoms in total. The van der Waals surface area contributed by atoms with Crippen LogP contribution in [0.15, 0.2) is 21.9 Å². The van der Waals surface area contributed by atoms with Crippen LogP contribution in [0.3, 0.4) is 0 Å². The van der Waals surface area contributed by atoms with E-state index in [1.54, 1.807) is 6.92 Å². The van der Waals surface area contributed by atoms with Crippen LogP contribution >= 0.6 is 15.6 Å².